The van der Waals surface area contributed by atoms with Gasteiger partial charge in [-0.25, -0.2) is 4.99 Å². The Labute approximate surface area is 162 Å². The molecule has 6 nitrogen and oxygen atoms in total. The molecule has 1 N–H and O–H groups in total. The zero-order chi connectivity index (χ0) is 18.5. The second-order valence-corrected chi connectivity index (χ2v) is 7.87. The van der Waals surface area contributed by atoms with Crippen molar-refractivity contribution in [2.45, 2.75) is 26.3 Å². The van der Waals surface area contributed by atoms with Crippen molar-refractivity contribution in [3.63, 3.8) is 0 Å². The number of morpholine rings is 1. The molecule has 0 bridgehead atoms. The first-order chi connectivity index (χ1) is 13.3. The maximum absolute atomic E-state index is 5.68. The van der Waals surface area contributed by atoms with Crippen LogP contribution in [0, 0.1) is 5.41 Å². The summed E-state index contributed by atoms with van der Waals surface area (Å²) in [6, 6.07) is 8.65. The fourth-order valence-corrected chi connectivity index (χ4v) is 4.43. The van der Waals surface area contributed by atoms with Crippen LogP contribution in [0.25, 0.3) is 0 Å². The lowest BCUT2D eigenvalue weighted by molar-refractivity contribution is 0.122. The molecule has 1 unspecified atom stereocenters. The van der Waals surface area contributed by atoms with Crippen molar-refractivity contribution in [2.75, 3.05) is 64.1 Å². The van der Waals surface area contributed by atoms with Crippen molar-refractivity contribution in [3.05, 3.63) is 29.8 Å². The number of likely N-dealkylation sites (tertiary alicyclic amines) is 1. The molecule has 27 heavy (non-hydrogen) atoms. The lowest BCUT2D eigenvalue weighted by Gasteiger charge is -2.30. The van der Waals surface area contributed by atoms with Crippen molar-refractivity contribution in [1.29, 1.82) is 0 Å². The molecule has 1 atom stereocenters. The van der Waals surface area contributed by atoms with Crippen LogP contribution in [0.2, 0.25) is 0 Å². The number of hydrogen-bond donors (Lipinski definition) is 1. The van der Waals surface area contributed by atoms with E-state index in [4.69, 9.17) is 14.5 Å². The van der Waals surface area contributed by atoms with Gasteiger partial charge in [-0.1, -0.05) is 18.2 Å². The minimum Gasteiger partial charge on any atom is -0.381 e. The molecule has 3 saturated heterocycles. The second-order valence-electron chi connectivity index (χ2n) is 7.87. The first-order valence-electron chi connectivity index (χ1n) is 10.3. The third-order valence-corrected chi connectivity index (χ3v) is 6.00. The van der Waals surface area contributed by atoms with Crippen LogP contribution in [0.5, 0.6) is 0 Å². The maximum Gasteiger partial charge on any atom is 0.194 e. The first kappa shape index (κ1) is 18.6. The second kappa shape index (κ2) is 8.48. The average molecular weight is 373 g/mol. The van der Waals surface area contributed by atoms with Gasteiger partial charge in [0.2, 0.25) is 0 Å². The summed E-state index contributed by atoms with van der Waals surface area (Å²) in [6.07, 6.45) is 2.39. The van der Waals surface area contributed by atoms with Gasteiger partial charge in [-0.15, -0.1) is 0 Å². The topological polar surface area (TPSA) is 49.3 Å². The smallest absolute Gasteiger partial charge is 0.194 e. The number of benzene rings is 1. The van der Waals surface area contributed by atoms with Crippen LogP contribution >= 0.6 is 0 Å². The fraction of sp³-hybridized carbons (Fsp3) is 0.667. The van der Waals surface area contributed by atoms with Gasteiger partial charge in [0.1, 0.15) is 0 Å². The van der Waals surface area contributed by atoms with Gasteiger partial charge in [0, 0.05) is 50.4 Å². The SMILES string of the molecule is CCNC(=NCc1ccccc1N1CCOCC1)N1CCC2(CCOC2)C1. The number of aliphatic imine (C=N–C) groups is 1. The van der Waals surface area contributed by atoms with Crippen molar-refractivity contribution in [1.82, 2.24) is 10.2 Å². The van der Waals surface area contributed by atoms with Gasteiger partial charge < -0.3 is 24.6 Å². The van der Waals surface area contributed by atoms with E-state index in [0.29, 0.717) is 12.0 Å². The molecule has 3 heterocycles. The summed E-state index contributed by atoms with van der Waals surface area (Å²) in [5, 5.41) is 3.50. The molecular formula is C21H32N4O2. The number of guanidine groups is 1. The van der Waals surface area contributed by atoms with E-state index < -0.39 is 0 Å². The Morgan fingerprint density at radius 3 is 2.74 bits per heavy atom. The number of para-hydroxylation sites is 1. The minimum atomic E-state index is 0.349. The molecule has 3 aliphatic heterocycles. The summed E-state index contributed by atoms with van der Waals surface area (Å²) in [7, 11) is 0. The molecule has 0 amide bonds. The van der Waals surface area contributed by atoms with Crippen LogP contribution in [0.4, 0.5) is 5.69 Å². The lowest BCUT2D eigenvalue weighted by atomic mass is 9.87. The Hall–Kier alpha value is -1.79. The van der Waals surface area contributed by atoms with Crippen molar-refractivity contribution in [2.24, 2.45) is 10.4 Å². The summed E-state index contributed by atoms with van der Waals surface area (Å²) in [4.78, 5) is 9.85. The Balaban J connectivity index is 1.48. The maximum atomic E-state index is 5.68. The fourth-order valence-electron chi connectivity index (χ4n) is 4.43. The highest BCUT2D eigenvalue weighted by Crippen LogP contribution is 2.38. The molecule has 1 spiro atoms. The summed E-state index contributed by atoms with van der Waals surface area (Å²) < 4.78 is 11.2. The van der Waals surface area contributed by atoms with Crippen molar-refractivity contribution in [3.8, 4) is 0 Å². The number of ether oxygens (including phenoxy) is 2. The van der Waals surface area contributed by atoms with Crippen LogP contribution in [0.3, 0.4) is 0 Å². The van der Waals surface area contributed by atoms with Crippen LogP contribution < -0.4 is 10.2 Å². The first-order valence-corrected chi connectivity index (χ1v) is 10.3. The Morgan fingerprint density at radius 1 is 1.11 bits per heavy atom. The van der Waals surface area contributed by atoms with Gasteiger partial charge in [0.25, 0.3) is 0 Å². The predicted octanol–water partition coefficient (Wildman–Crippen LogP) is 2.10. The van der Waals surface area contributed by atoms with E-state index in [1.165, 1.54) is 24.1 Å². The highest BCUT2D eigenvalue weighted by molar-refractivity contribution is 5.80. The highest BCUT2D eigenvalue weighted by Gasteiger charge is 2.42. The van der Waals surface area contributed by atoms with E-state index in [2.05, 4.69) is 46.3 Å². The van der Waals surface area contributed by atoms with Crippen LogP contribution in [-0.4, -0.2) is 70.0 Å². The summed E-state index contributed by atoms with van der Waals surface area (Å²) in [5.74, 6) is 1.04. The molecule has 1 aromatic carbocycles. The van der Waals surface area contributed by atoms with Gasteiger partial charge in [-0.05, 0) is 31.4 Å². The minimum absolute atomic E-state index is 0.349. The van der Waals surface area contributed by atoms with E-state index in [9.17, 15) is 0 Å². The van der Waals surface area contributed by atoms with Crippen LogP contribution in [0.15, 0.2) is 29.3 Å². The Morgan fingerprint density at radius 2 is 1.96 bits per heavy atom. The van der Waals surface area contributed by atoms with Crippen molar-refractivity contribution < 1.29 is 9.47 Å². The third kappa shape index (κ3) is 4.22. The Kier molecular flexibility index (Phi) is 5.83. The van der Waals surface area contributed by atoms with Gasteiger partial charge >= 0.3 is 0 Å². The summed E-state index contributed by atoms with van der Waals surface area (Å²) in [6.45, 7) is 11.2. The number of anilines is 1. The van der Waals surface area contributed by atoms with Gasteiger partial charge in [-0.2, -0.15) is 0 Å². The van der Waals surface area contributed by atoms with Gasteiger partial charge in [0.05, 0.1) is 26.4 Å². The summed E-state index contributed by atoms with van der Waals surface area (Å²) in [5.41, 5.74) is 2.93. The van der Waals surface area contributed by atoms with Crippen molar-refractivity contribution >= 4 is 11.6 Å². The molecule has 1 aromatic rings. The van der Waals surface area contributed by atoms with E-state index in [0.717, 1.165) is 65.1 Å². The summed E-state index contributed by atoms with van der Waals surface area (Å²) >= 11 is 0. The molecule has 0 radical (unpaired) electrons. The highest BCUT2D eigenvalue weighted by atomic mass is 16.5. The normalized spacial score (nSPS) is 26.2. The molecule has 148 valence electrons. The van der Waals surface area contributed by atoms with E-state index in [1.54, 1.807) is 0 Å². The molecule has 6 heteroatoms. The van der Waals surface area contributed by atoms with Gasteiger partial charge in [-0.3, -0.25) is 0 Å². The Bertz CT molecular complexity index is 651. The average Bonchev–Trinajstić information content (AvgIpc) is 3.36. The monoisotopic (exact) mass is 372 g/mol. The standard InChI is InChI=1S/C21H32N4O2/c1-2-22-20(25-9-7-21(16-25)8-12-27-17-21)23-15-18-5-3-4-6-19(18)24-10-13-26-14-11-24/h3-6H,2,7-17H2,1H3,(H,22,23). The zero-order valence-corrected chi connectivity index (χ0v) is 16.5. The largest absolute Gasteiger partial charge is 0.381 e. The molecule has 4 rings (SSSR count). The van der Waals surface area contributed by atoms with E-state index in [1.807, 2.05) is 0 Å². The molecule has 0 aliphatic carbocycles. The zero-order valence-electron chi connectivity index (χ0n) is 16.5. The predicted molar refractivity (Wildman–Crippen MR) is 108 cm³/mol. The molecule has 0 aromatic heterocycles. The number of nitrogens with one attached hydrogen (secondary N) is 1. The number of nitrogens with zero attached hydrogens (tertiary/aromatic N) is 3. The molecule has 3 fully saturated rings. The molecule has 3 aliphatic rings. The third-order valence-electron chi connectivity index (χ3n) is 6.00. The van der Waals surface area contributed by atoms with E-state index in [-0.39, 0.29) is 0 Å². The van der Waals surface area contributed by atoms with Crippen LogP contribution in [0.1, 0.15) is 25.3 Å². The lowest BCUT2D eigenvalue weighted by Crippen LogP contribution is -2.41. The van der Waals surface area contributed by atoms with Crippen LogP contribution in [-0.2, 0) is 16.0 Å². The molecular weight excluding hydrogens is 340 g/mol. The number of rotatable bonds is 4. The van der Waals surface area contributed by atoms with Gasteiger partial charge in [0.15, 0.2) is 5.96 Å². The van der Waals surface area contributed by atoms with E-state index >= 15 is 0 Å². The molecule has 0 saturated carbocycles. The number of hydrogen-bond acceptors (Lipinski definition) is 4. The quantitative estimate of drug-likeness (QED) is 0.648.